The summed E-state index contributed by atoms with van der Waals surface area (Å²) in [4.78, 5) is 12.0. The maximum Gasteiger partial charge on any atom is 0.387 e. The van der Waals surface area contributed by atoms with E-state index in [2.05, 4.69) is 10.1 Å². The first-order valence-electron chi connectivity index (χ1n) is 6.65. The Morgan fingerprint density at radius 2 is 2.10 bits per heavy atom. The highest BCUT2D eigenvalue weighted by Crippen LogP contribution is 2.30. The monoisotopic (exact) mass is 319 g/mol. The summed E-state index contributed by atoms with van der Waals surface area (Å²) in [7, 11) is 0. The third-order valence-corrected chi connectivity index (χ3v) is 3.77. The summed E-state index contributed by atoms with van der Waals surface area (Å²) in [5.41, 5.74) is -1.03. The maximum absolute atomic E-state index is 12.3. The van der Waals surface area contributed by atoms with Crippen LogP contribution in [-0.4, -0.2) is 23.2 Å². The van der Waals surface area contributed by atoms with Crippen molar-refractivity contribution in [2.24, 2.45) is 0 Å². The van der Waals surface area contributed by atoms with E-state index in [1.807, 2.05) is 0 Å². The quantitative estimate of drug-likeness (QED) is 0.877. The van der Waals surface area contributed by atoms with Gasteiger partial charge in [0.15, 0.2) is 0 Å². The number of ether oxygens (including phenoxy) is 1. The lowest BCUT2D eigenvalue weighted by Crippen LogP contribution is -2.44. The molecule has 1 aromatic rings. The van der Waals surface area contributed by atoms with Crippen molar-refractivity contribution in [3.8, 4) is 5.75 Å². The molecule has 0 radical (unpaired) electrons. The first-order chi connectivity index (χ1) is 9.90. The lowest BCUT2D eigenvalue weighted by Gasteiger charge is -2.21. The number of nitrogens with one attached hydrogen (secondary N) is 1. The molecule has 1 amide bonds. The van der Waals surface area contributed by atoms with E-state index in [1.54, 1.807) is 0 Å². The summed E-state index contributed by atoms with van der Waals surface area (Å²) in [5, 5.41) is 13.0. The molecular weight excluding hydrogens is 304 g/mol. The Labute approximate surface area is 126 Å². The zero-order chi connectivity index (χ0) is 15.5. The van der Waals surface area contributed by atoms with Crippen molar-refractivity contribution in [3.63, 3.8) is 0 Å². The van der Waals surface area contributed by atoms with Crippen molar-refractivity contribution in [3.05, 3.63) is 28.8 Å². The van der Waals surface area contributed by atoms with E-state index in [1.165, 1.54) is 18.2 Å². The third-order valence-electron chi connectivity index (χ3n) is 3.53. The van der Waals surface area contributed by atoms with Gasteiger partial charge in [-0.05, 0) is 43.9 Å². The summed E-state index contributed by atoms with van der Waals surface area (Å²) >= 11 is 5.82. The standard InChI is InChI=1S/C14H16ClF2NO3/c15-10-3-4-11(21-13(16)17)9(7-10)8-18-12(19)14(20)5-1-2-6-14/h3-4,7,13,20H,1-2,5-6,8H2,(H,18,19). The predicted molar refractivity (Wildman–Crippen MR) is 73.3 cm³/mol. The summed E-state index contributed by atoms with van der Waals surface area (Å²) in [6.45, 7) is -3.00. The van der Waals surface area contributed by atoms with Crippen LogP contribution in [-0.2, 0) is 11.3 Å². The zero-order valence-electron chi connectivity index (χ0n) is 11.2. The number of benzene rings is 1. The van der Waals surface area contributed by atoms with Gasteiger partial charge in [0.2, 0.25) is 0 Å². The number of hydrogen-bond donors (Lipinski definition) is 2. The number of carbonyl (C=O) groups is 1. The molecule has 0 aliphatic heterocycles. The van der Waals surface area contributed by atoms with Crippen LogP contribution in [0.3, 0.4) is 0 Å². The average Bonchev–Trinajstić information content (AvgIpc) is 2.86. The molecular formula is C14H16ClF2NO3. The molecule has 0 saturated heterocycles. The molecule has 4 nitrogen and oxygen atoms in total. The van der Waals surface area contributed by atoms with E-state index in [9.17, 15) is 18.7 Å². The Bertz CT molecular complexity index is 519. The van der Waals surface area contributed by atoms with Gasteiger partial charge in [0.1, 0.15) is 11.4 Å². The highest BCUT2D eigenvalue weighted by molar-refractivity contribution is 6.30. The molecule has 1 aromatic carbocycles. The van der Waals surface area contributed by atoms with Gasteiger partial charge in [0.05, 0.1) is 0 Å². The fourth-order valence-corrected chi connectivity index (χ4v) is 2.62. The van der Waals surface area contributed by atoms with Gasteiger partial charge in [-0.2, -0.15) is 8.78 Å². The second-order valence-corrected chi connectivity index (χ2v) is 5.49. The van der Waals surface area contributed by atoms with Gasteiger partial charge in [-0.15, -0.1) is 0 Å². The van der Waals surface area contributed by atoms with Crippen LogP contribution in [0.1, 0.15) is 31.2 Å². The molecule has 1 aliphatic rings. The van der Waals surface area contributed by atoms with Crippen molar-refractivity contribution in [1.29, 1.82) is 0 Å². The van der Waals surface area contributed by atoms with Gasteiger partial charge in [-0.25, -0.2) is 0 Å². The van der Waals surface area contributed by atoms with Crippen molar-refractivity contribution in [2.45, 2.75) is 44.4 Å². The van der Waals surface area contributed by atoms with Gasteiger partial charge in [-0.1, -0.05) is 11.6 Å². The fraction of sp³-hybridized carbons (Fsp3) is 0.500. The van der Waals surface area contributed by atoms with E-state index in [0.717, 1.165) is 12.8 Å². The maximum atomic E-state index is 12.3. The molecule has 0 spiro atoms. The normalized spacial score (nSPS) is 17.0. The Kier molecular flexibility index (Phi) is 5.00. The summed E-state index contributed by atoms with van der Waals surface area (Å²) in [6, 6.07) is 4.19. The van der Waals surface area contributed by atoms with E-state index in [4.69, 9.17) is 11.6 Å². The minimum atomic E-state index is -2.96. The number of carbonyl (C=O) groups excluding carboxylic acids is 1. The predicted octanol–water partition coefficient (Wildman–Crippen LogP) is 2.86. The topological polar surface area (TPSA) is 58.6 Å². The van der Waals surface area contributed by atoms with Gasteiger partial charge >= 0.3 is 6.61 Å². The van der Waals surface area contributed by atoms with Gasteiger partial charge in [-0.3, -0.25) is 4.79 Å². The highest BCUT2D eigenvalue weighted by Gasteiger charge is 2.38. The van der Waals surface area contributed by atoms with Gasteiger partial charge < -0.3 is 15.2 Å². The van der Waals surface area contributed by atoms with Gasteiger partial charge in [0.25, 0.3) is 5.91 Å². The van der Waals surface area contributed by atoms with Gasteiger partial charge in [0, 0.05) is 17.1 Å². The number of amides is 1. The molecule has 1 aliphatic carbocycles. The van der Waals surface area contributed by atoms with E-state index in [0.29, 0.717) is 23.4 Å². The van der Waals surface area contributed by atoms with Crippen LogP contribution in [0.5, 0.6) is 5.75 Å². The Morgan fingerprint density at radius 3 is 2.71 bits per heavy atom. The van der Waals surface area contributed by atoms with Crippen LogP contribution in [0.4, 0.5) is 8.78 Å². The largest absolute Gasteiger partial charge is 0.434 e. The molecule has 1 fully saturated rings. The van der Waals surface area contributed by atoms with Crippen molar-refractivity contribution < 1.29 is 23.4 Å². The number of hydrogen-bond acceptors (Lipinski definition) is 3. The molecule has 0 bridgehead atoms. The molecule has 2 N–H and O–H groups in total. The van der Waals surface area contributed by atoms with Crippen LogP contribution >= 0.6 is 11.6 Å². The van der Waals surface area contributed by atoms with E-state index >= 15 is 0 Å². The second kappa shape index (κ2) is 6.58. The van der Waals surface area contributed by atoms with Crippen molar-refractivity contribution in [1.82, 2.24) is 5.32 Å². The summed E-state index contributed by atoms with van der Waals surface area (Å²) in [5.74, 6) is -0.545. The summed E-state index contributed by atoms with van der Waals surface area (Å²) in [6.07, 6.45) is 2.41. The van der Waals surface area contributed by atoms with Crippen LogP contribution in [0.15, 0.2) is 18.2 Å². The van der Waals surface area contributed by atoms with Crippen molar-refractivity contribution >= 4 is 17.5 Å². The van der Waals surface area contributed by atoms with Crippen LogP contribution in [0, 0.1) is 0 Å². The van der Waals surface area contributed by atoms with Crippen molar-refractivity contribution in [2.75, 3.05) is 0 Å². The SMILES string of the molecule is O=C(NCc1cc(Cl)ccc1OC(F)F)C1(O)CCCC1. The Morgan fingerprint density at radius 1 is 1.43 bits per heavy atom. The molecule has 7 heteroatoms. The van der Waals surface area contributed by atoms with E-state index in [-0.39, 0.29) is 12.3 Å². The lowest BCUT2D eigenvalue weighted by atomic mass is 10.0. The molecule has 0 unspecified atom stereocenters. The molecule has 116 valence electrons. The molecule has 1 saturated carbocycles. The first kappa shape index (κ1) is 16.0. The smallest absolute Gasteiger partial charge is 0.387 e. The second-order valence-electron chi connectivity index (χ2n) is 5.05. The minimum absolute atomic E-state index is 0.0379. The molecule has 0 atom stereocenters. The van der Waals surface area contributed by atoms with Crippen LogP contribution in [0.2, 0.25) is 5.02 Å². The first-order valence-corrected chi connectivity index (χ1v) is 7.02. The van der Waals surface area contributed by atoms with Crippen LogP contribution < -0.4 is 10.1 Å². The molecule has 0 aromatic heterocycles. The Hall–Kier alpha value is -1.40. The number of aliphatic hydroxyl groups is 1. The molecule has 0 heterocycles. The molecule has 21 heavy (non-hydrogen) atoms. The number of halogens is 3. The minimum Gasteiger partial charge on any atom is -0.434 e. The molecule has 2 rings (SSSR count). The average molecular weight is 320 g/mol. The highest BCUT2D eigenvalue weighted by atomic mass is 35.5. The fourth-order valence-electron chi connectivity index (χ4n) is 2.42. The number of alkyl halides is 2. The zero-order valence-corrected chi connectivity index (χ0v) is 12.0. The van der Waals surface area contributed by atoms with Crippen LogP contribution in [0.25, 0.3) is 0 Å². The third kappa shape index (κ3) is 4.04. The van der Waals surface area contributed by atoms with E-state index < -0.39 is 18.1 Å². The lowest BCUT2D eigenvalue weighted by molar-refractivity contribution is -0.139. The Balaban J connectivity index is 2.05. The number of rotatable bonds is 5. The summed E-state index contributed by atoms with van der Waals surface area (Å²) < 4.78 is 29.0.